The Hall–Kier alpha value is -2.20. The summed E-state index contributed by atoms with van der Waals surface area (Å²) < 4.78 is 51.5. The van der Waals surface area contributed by atoms with E-state index in [-0.39, 0.29) is 59.7 Å². The second kappa shape index (κ2) is 9.95. The molecule has 2 aromatic rings. The van der Waals surface area contributed by atoms with E-state index in [1.54, 1.807) is 13.8 Å². The minimum Gasteiger partial charge on any atom is -0.492 e. The molecule has 1 N–H and O–H groups in total. The van der Waals surface area contributed by atoms with Gasteiger partial charge in [0.15, 0.2) is 0 Å². The first-order valence-electron chi connectivity index (χ1n) is 9.78. The van der Waals surface area contributed by atoms with E-state index in [9.17, 15) is 17.6 Å². The predicted molar refractivity (Wildman–Crippen MR) is 114 cm³/mol. The molecule has 1 aliphatic heterocycles. The number of ether oxygens (including phenoxy) is 2. The third kappa shape index (κ3) is 5.94. The van der Waals surface area contributed by atoms with Crippen LogP contribution in [-0.4, -0.2) is 57.1 Å². The van der Waals surface area contributed by atoms with Gasteiger partial charge in [0.1, 0.15) is 23.1 Å². The van der Waals surface area contributed by atoms with Gasteiger partial charge in [0.2, 0.25) is 10.0 Å². The van der Waals surface area contributed by atoms with E-state index in [2.05, 4.69) is 5.32 Å². The van der Waals surface area contributed by atoms with Crippen molar-refractivity contribution in [2.75, 3.05) is 26.2 Å². The van der Waals surface area contributed by atoms with Gasteiger partial charge in [-0.05, 0) is 56.3 Å². The number of carbonyl (C=O) groups excluding carboxylic acids is 1. The lowest BCUT2D eigenvalue weighted by molar-refractivity contribution is -0.0440. The van der Waals surface area contributed by atoms with Crippen LogP contribution in [0.2, 0.25) is 5.02 Å². The second-order valence-corrected chi connectivity index (χ2v) is 9.60. The minimum atomic E-state index is -3.89. The van der Waals surface area contributed by atoms with E-state index in [0.29, 0.717) is 5.75 Å². The molecule has 1 amide bonds. The van der Waals surface area contributed by atoms with Crippen molar-refractivity contribution in [3.63, 3.8) is 0 Å². The van der Waals surface area contributed by atoms with Crippen molar-refractivity contribution < 1.29 is 27.1 Å². The van der Waals surface area contributed by atoms with Crippen molar-refractivity contribution in [2.24, 2.45) is 0 Å². The van der Waals surface area contributed by atoms with Crippen LogP contribution in [0, 0.1) is 5.82 Å². The van der Waals surface area contributed by atoms with Gasteiger partial charge in [-0.1, -0.05) is 11.6 Å². The molecule has 31 heavy (non-hydrogen) atoms. The molecule has 2 aromatic carbocycles. The number of amides is 1. The Labute approximate surface area is 186 Å². The number of nitrogens with one attached hydrogen (secondary N) is 1. The molecule has 2 unspecified atom stereocenters. The number of morpholine rings is 1. The summed E-state index contributed by atoms with van der Waals surface area (Å²) in [7, 11) is -3.89. The Bertz CT molecular complexity index is 1020. The van der Waals surface area contributed by atoms with Gasteiger partial charge in [-0.25, -0.2) is 12.8 Å². The molecule has 0 aromatic heterocycles. The molecular weight excluding hydrogens is 447 g/mol. The monoisotopic (exact) mass is 470 g/mol. The number of benzene rings is 2. The molecule has 0 spiro atoms. The zero-order chi connectivity index (χ0) is 22.6. The van der Waals surface area contributed by atoms with Gasteiger partial charge in [-0.15, -0.1) is 0 Å². The molecule has 1 fully saturated rings. The van der Waals surface area contributed by atoms with E-state index in [4.69, 9.17) is 21.1 Å². The predicted octanol–water partition coefficient (Wildman–Crippen LogP) is 3.09. The topological polar surface area (TPSA) is 84.9 Å². The maximum absolute atomic E-state index is 13.1. The van der Waals surface area contributed by atoms with Crippen LogP contribution in [0.5, 0.6) is 5.75 Å². The Kier molecular flexibility index (Phi) is 7.53. The van der Waals surface area contributed by atoms with Crippen molar-refractivity contribution >= 4 is 27.5 Å². The van der Waals surface area contributed by atoms with Crippen molar-refractivity contribution in [1.29, 1.82) is 0 Å². The standard InChI is InChI=1S/C21H24ClFN2O5S/c1-14-12-25(13-15(2)30-14)31(27,28)20-11-16(3-8-19(20)22)21(26)24-9-10-29-18-6-4-17(23)5-7-18/h3-8,11,14-15H,9-10,12-13H2,1-2H3,(H,24,26). The summed E-state index contributed by atoms with van der Waals surface area (Å²) >= 11 is 6.17. The average molecular weight is 471 g/mol. The molecule has 0 aliphatic carbocycles. The van der Waals surface area contributed by atoms with Crippen molar-refractivity contribution in [1.82, 2.24) is 9.62 Å². The minimum absolute atomic E-state index is 0.0444. The smallest absolute Gasteiger partial charge is 0.251 e. The van der Waals surface area contributed by atoms with Gasteiger partial charge in [0, 0.05) is 18.7 Å². The Morgan fingerprint density at radius 1 is 1.19 bits per heavy atom. The molecule has 0 radical (unpaired) electrons. The molecule has 7 nitrogen and oxygen atoms in total. The zero-order valence-electron chi connectivity index (χ0n) is 17.2. The Morgan fingerprint density at radius 2 is 1.84 bits per heavy atom. The summed E-state index contributed by atoms with van der Waals surface area (Å²) in [5.41, 5.74) is 0.166. The summed E-state index contributed by atoms with van der Waals surface area (Å²) in [5, 5.41) is 2.71. The quantitative estimate of drug-likeness (QED) is 0.628. The number of hydrogen-bond acceptors (Lipinski definition) is 5. The third-order valence-corrected chi connectivity index (χ3v) is 6.98. The molecule has 168 valence electrons. The first kappa shape index (κ1) is 23.5. The fourth-order valence-electron chi connectivity index (χ4n) is 3.27. The van der Waals surface area contributed by atoms with Crippen molar-refractivity contribution in [2.45, 2.75) is 31.0 Å². The molecule has 1 aliphatic rings. The molecular formula is C21H24ClFN2O5S. The van der Waals surface area contributed by atoms with Gasteiger partial charge in [-0.3, -0.25) is 4.79 Å². The summed E-state index contributed by atoms with van der Waals surface area (Å²) in [6.07, 6.45) is -0.491. The number of nitrogens with zero attached hydrogens (tertiary/aromatic N) is 1. The first-order chi connectivity index (χ1) is 14.7. The van der Waals surface area contributed by atoms with Crippen LogP contribution in [0.15, 0.2) is 47.4 Å². The highest BCUT2D eigenvalue weighted by Gasteiger charge is 2.33. The van der Waals surface area contributed by atoms with Gasteiger partial charge in [-0.2, -0.15) is 4.31 Å². The van der Waals surface area contributed by atoms with Crippen LogP contribution in [0.1, 0.15) is 24.2 Å². The lowest BCUT2D eigenvalue weighted by Gasteiger charge is -2.34. The normalized spacial score (nSPS) is 19.7. The fraction of sp³-hybridized carbons (Fsp3) is 0.381. The number of sulfonamides is 1. The lowest BCUT2D eigenvalue weighted by Crippen LogP contribution is -2.48. The third-order valence-electron chi connectivity index (χ3n) is 4.67. The number of rotatable bonds is 7. The molecule has 2 atom stereocenters. The van der Waals surface area contributed by atoms with E-state index in [1.165, 1.54) is 46.8 Å². The molecule has 1 saturated heterocycles. The highest BCUT2D eigenvalue weighted by atomic mass is 35.5. The van der Waals surface area contributed by atoms with Gasteiger partial charge in [0.25, 0.3) is 5.91 Å². The summed E-state index contributed by atoms with van der Waals surface area (Å²) in [5.74, 6) is -0.348. The average Bonchev–Trinajstić information content (AvgIpc) is 2.72. The second-order valence-electron chi connectivity index (χ2n) is 7.28. The first-order valence-corrected chi connectivity index (χ1v) is 11.6. The molecule has 0 saturated carbocycles. The van der Waals surface area contributed by atoms with Gasteiger partial charge in [0.05, 0.1) is 23.8 Å². The zero-order valence-corrected chi connectivity index (χ0v) is 18.7. The van der Waals surface area contributed by atoms with Crippen molar-refractivity contribution in [3.05, 3.63) is 58.9 Å². The SMILES string of the molecule is CC1CN(S(=O)(=O)c2cc(C(=O)NCCOc3ccc(F)cc3)ccc2Cl)CC(C)O1. The summed E-state index contributed by atoms with van der Waals surface area (Å²) in [6.45, 7) is 4.37. The molecule has 3 rings (SSSR count). The highest BCUT2D eigenvalue weighted by molar-refractivity contribution is 7.89. The Balaban J connectivity index is 1.65. The van der Waals surface area contributed by atoms with Crippen LogP contribution in [0.25, 0.3) is 0 Å². The van der Waals surface area contributed by atoms with Crippen LogP contribution >= 0.6 is 11.6 Å². The number of hydrogen-bond donors (Lipinski definition) is 1. The van der Waals surface area contributed by atoms with Crippen LogP contribution in [0.4, 0.5) is 4.39 Å². The fourth-order valence-corrected chi connectivity index (χ4v) is 5.37. The number of halogens is 2. The lowest BCUT2D eigenvalue weighted by atomic mass is 10.2. The van der Waals surface area contributed by atoms with Crippen LogP contribution in [-0.2, 0) is 14.8 Å². The maximum Gasteiger partial charge on any atom is 0.251 e. The summed E-state index contributed by atoms with van der Waals surface area (Å²) in [6, 6.07) is 9.66. The largest absolute Gasteiger partial charge is 0.492 e. The Morgan fingerprint density at radius 3 is 2.48 bits per heavy atom. The molecule has 1 heterocycles. The highest BCUT2D eigenvalue weighted by Crippen LogP contribution is 2.28. The maximum atomic E-state index is 13.1. The molecule has 0 bridgehead atoms. The van der Waals surface area contributed by atoms with E-state index in [1.807, 2.05) is 0 Å². The van der Waals surface area contributed by atoms with Crippen LogP contribution < -0.4 is 10.1 Å². The number of carbonyl (C=O) groups is 1. The van der Waals surface area contributed by atoms with E-state index in [0.717, 1.165) is 0 Å². The van der Waals surface area contributed by atoms with E-state index >= 15 is 0 Å². The van der Waals surface area contributed by atoms with Crippen molar-refractivity contribution in [3.8, 4) is 5.75 Å². The summed E-state index contributed by atoms with van der Waals surface area (Å²) in [4.78, 5) is 12.4. The van der Waals surface area contributed by atoms with Gasteiger partial charge < -0.3 is 14.8 Å². The van der Waals surface area contributed by atoms with E-state index < -0.39 is 15.9 Å². The van der Waals surface area contributed by atoms with Gasteiger partial charge >= 0.3 is 0 Å². The van der Waals surface area contributed by atoms with Crippen LogP contribution in [0.3, 0.4) is 0 Å². The molecule has 10 heteroatoms.